The molecule has 0 amide bonds. The molecule has 0 bridgehead atoms. The lowest BCUT2D eigenvalue weighted by molar-refractivity contribution is 0.311. The Morgan fingerprint density at radius 2 is 0.765 bits per heavy atom. The smallest absolute Gasteiger partial charge is 0.576 e. The molecule has 0 unspecified atom stereocenters. The van der Waals surface area contributed by atoms with Gasteiger partial charge in [-0.2, -0.15) is 0 Å². The highest BCUT2D eigenvalue weighted by Gasteiger charge is 2.46. The molecule has 0 N–H and O–H groups in total. The topological polar surface area (TPSA) is 105 Å². The van der Waals surface area contributed by atoms with Gasteiger partial charge in [0.2, 0.25) is 0 Å². The van der Waals surface area contributed by atoms with E-state index in [2.05, 4.69) is 29.9 Å². The van der Waals surface area contributed by atoms with Crippen molar-refractivity contribution in [3.63, 3.8) is 0 Å². The average molecular weight is 462 g/mol. The fraction of sp³-hybridized carbons (Fsp3) is 0. The first-order valence-electron chi connectivity index (χ1n) is 10.4. The van der Waals surface area contributed by atoms with Crippen LogP contribution >= 0.6 is 0 Å². The molecule has 0 spiro atoms. The van der Waals surface area contributed by atoms with Crippen LogP contribution in [0, 0.1) is 0 Å². The van der Waals surface area contributed by atoms with Crippen LogP contribution in [-0.4, -0.2) is 45.1 Å². The number of aromatic nitrogens is 6. The van der Waals surface area contributed by atoms with Crippen LogP contribution in [0.5, 0.6) is 17.2 Å². The van der Waals surface area contributed by atoms with Gasteiger partial charge >= 0.3 is 15.1 Å². The second-order valence-electron chi connectivity index (χ2n) is 7.18. The van der Waals surface area contributed by atoms with Crippen molar-refractivity contribution in [2.45, 2.75) is 0 Å². The van der Waals surface area contributed by atoms with E-state index in [1.165, 1.54) is 0 Å². The molecule has 10 heteroatoms. The molecule has 6 heterocycles. The summed E-state index contributed by atoms with van der Waals surface area (Å²) < 4.78 is 19.0. The molecular weight excluding hydrogens is 447 g/mol. The Labute approximate surface area is 198 Å². The number of rotatable bonds is 6. The number of pyridine rings is 6. The molecule has 9 nitrogen and oxygen atoms in total. The minimum Gasteiger partial charge on any atom is -0.576 e. The molecule has 34 heavy (non-hydrogen) atoms. The maximum Gasteiger partial charge on any atom is 1.20 e. The Balaban J connectivity index is 1.42. The SMILES string of the molecule is c1cnc2c([O][Al]([O]c3ccnc4cccnc34)[O]c3ccnc4cccnc34)ccnc2c1. The molecule has 162 valence electrons. The van der Waals surface area contributed by atoms with Crippen LogP contribution < -0.4 is 11.4 Å². The van der Waals surface area contributed by atoms with Crippen LogP contribution in [0.3, 0.4) is 0 Å². The van der Waals surface area contributed by atoms with Gasteiger partial charge in [0.15, 0.2) is 0 Å². The van der Waals surface area contributed by atoms with Crippen molar-refractivity contribution < 1.29 is 11.4 Å². The summed E-state index contributed by atoms with van der Waals surface area (Å²) >= 11 is -2.94. The monoisotopic (exact) mass is 462 g/mol. The predicted octanol–water partition coefficient (Wildman–Crippen LogP) is 4.04. The molecule has 0 aromatic carbocycles. The van der Waals surface area contributed by atoms with Crippen LogP contribution in [0.4, 0.5) is 0 Å². The van der Waals surface area contributed by atoms with E-state index in [0.29, 0.717) is 50.3 Å². The molecule has 0 fully saturated rings. The summed E-state index contributed by atoms with van der Waals surface area (Å²) in [6.45, 7) is 0. The molecule has 0 saturated carbocycles. The van der Waals surface area contributed by atoms with Gasteiger partial charge in [-0.15, -0.1) is 0 Å². The molecule has 0 saturated heterocycles. The van der Waals surface area contributed by atoms with E-state index in [9.17, 15) is 0 Å². The van der Waals surface area contributed by atoms with Crippen molar-refractivity contribution in [1.29, 1.82) is 0 Å². The first-order valence-corrected chi connectivity index (χ1v) is 11.9. The third-order valence-corrected chi connectivity index (χ3v) is 6.39. The Bertz CT molecular complexity index is 1420. The van der Waals surface area contributed by atoms with Crippen molar-refractivity contribution >= 4 is 48.2 Å². The van der Waals surface area contributed by atoms with Gasteiger partial charge in [-0.1, -0.05) is 0 Å². The van der Waals surface area contributed by atoms with Crippen LogP contribution in [0.2, 0.25) is 0 Å². The van der Waals surface area contributed by atoms with E-state index >= 15 is 0 Å². The molecule has 6 aromatic heterocycles. The fourth-order valence-electron chi connectivity index (χ4n) is 3.53. The van der Waals surface area contributed by atoms with Crippen LogP contribution in [0.1, 0.15) is 0 Å². The lowest BCUT2D eigenvalue weighted by atomic mass is 10.3. The minimum atomic E-state index is -2.94. The number of nitrogens with zero attached hydrogens (tertiary/aromatic N) is 6. The molecule has 0 radical (unpaired) electrons. The maximum atomic E-state index is 6.33. The summed E-state index contributed by atoms with van der Waals surface area (Å²) in [5, 5.41) is 0. The van der Waals surface area contributed by atoms with Crippen molar-refractivity contribution in [2.75, 3.05) is 0 Å². The summed E-state index contributed by atoms with van der Waals surface area (Å²) in [7, 11) is 0. The fourth-order valence-corrected chi connectivity index (χ4v) is 4.87. The normalized spacial score (nSPS) is 10.9. The van der Waals surface area contributed by atoms with Gasteiger partial charge in [0.25, 0.3) is 0 Å². The summed E-state index contributed by atoms with van der Waals surface area (Å²) in [4.78, 5) is 26.3. The Hall–Kier alpha value is -4.39. The van der Waals surface area contributed by atoms with Gasteiger partial charge in [0.1, 0.15) is 33.8 Å². The van der Waals surface area contributed by atoms with E-state index in [4.69, 9.17) is 11.4 Å². The van der Waals surface area contributed by atoms with Gasteiger partial charge in [-0.25, -0.2) is 0 Å². The number of hydrogen-bond acceptors (Lipinski definition) is 9. The van der Waals surface area contributed by atoms with Crippen molar-refractivity contribution in [2.24, 2.45) is 0 Å². The Morgan fingerprint density at radius 3 is 1.12 bits per heavy atom. The highest BCUT2D eigenvalue weighted by atomic mass is 27.3. The maximum absolute atomic E-state index is 6.33. The Kier molecular flexibility index (Phi) is 5.28. The minimum absolute atomic E-state index is 0.514. The predicted molar refractivity (Wildman–Crippen MR) is 126 cm³/mol. The van der Waals surface area contributed by atoms with E-state index in [1.54, 1.807) is 55.4 Å². The van der Waals surface area contributed by atoms with E-state index < -0.39 is 15.1 Å². The van der Waals surface area contributed by atoms with Gasteiger partial charge < -0.3 is 11.4 Å². The van der Waals surface area contributed by atoms with Gasteiger partial charge in [-0.05, 0) is 54.6 Å². The van der Waals surface area contributed by atoms with Gasteiger partial charge in [0.05, 0.1) is 16.6 Å². The molecular formula is C24H15AlN6O3. The average Bonchev–Trinajstić information content (AvgIpc) is 2.89. The standard InChI is InChI=1S/3C8H6N2O.Al/c3*11-7-3-5-9-6-2-1-4-10-8(6)7;/h3*1-5H,(H,9,11);/q;;;+3/p-3. The molecule has 0 aliphatic rings. The first kappa shape index (κ1) is 20.2. The third kappa shape index (κ3) is 3.92. The van der Waals surface area contributed by atoms with Crippen LogP contribution in [0.15, 0.2) is 91.8 Å². The zero-order chi connectivity index (χ0) is 22.7. The Morgan fingerprint density at radius 1 is 0.412 bits per heavy atom. The highest BCUT2D eigenvalue weighted by molar-refractivity contribution is 6.40. The quantitative estimate of drug-likeness (QED) is 0.339. The third-order valence-electron chi connectivity index (χ3n) is 5.05. The van der Waals surface area contributed by atoms with Crippen molar-refractivity contribution in [1.82, 2.24) is 29.9 Å². The zero-order valence-electron chi connectivity index (χ0n) is 17.6. The van der Waals surface area contributed by atoms with Crippen LogP contribution in [-0.2, 0) is 0 Å². The van der Waals surface area contributed by atoms with E-state index in [1.807, 2.05) is 36.4 Å². The molecule has 0 atom stereocenters. The van der Waals surface area contributed by atoms with Gasteiger partial charge in [0, 0.05) is 37.2 Å². The number of fused-ring (bicyclic) bond motifs is 3. The molecule has 0 aliphatic carbocycles. The summed E-state index contributed by atoms with van der Waals surface area (Å²) in [6, 6.07) is 16.3. The largest absolute Gasteiger partial charge is 1.20 e. The summed E-state index contributed by atoms with van der Waals surface area (Å²) in [5.74, 6) is 1.54. The molecule has 0 aliphatic heterocycles. The van der Waals surface area contributed by atoms with Crippen molar-refractivity contribution in [3.05, 3.63) is 91.8 Å². The highest BCUT2D eigenvalue weighted by Crippen LogP contribution is 2.27. The molecule has 6 rings (SSSR count). The first-order chi connectivity index (χ1) is 16.8. The second-order valence-corrected chi connectivity index (χ2v) is 8.47. The summed E-state index contributed by atoms with van der Waals surface area (Å²) in [6.07, 6.45) is 10.1. The zero-order valence-corrected chi connectivity index (χ0v) is 18.8. The van der Waals surface area contributed by atoms with Crippen molar-refractivity contribution in [3.8, 4) is 17.2 Å². The number of hydrogen-bond donors (Lipinski definition) is 0. The van der Waals surface area contributed by atoms with E-state index in [0.717, 1.165) is 0 Å². The van der Waals surface area contributed by atoms with Gasteiger partial charge in [-0.3, -0.25) is 29.9 Å². The lowest BCUT2D eigenvalue weighted by Gasteiger charge is -2.18. The van der Waals surface area contributed by atoms with E-state index in [-0.39, 0.29) is 0 Å². The summed E-state index contributed by atoms with van der Waals surface area (Å²) in [5.41, 5.74) is 3.97. The second kappa shape index (κ2) is 8.86. The van der Waals surface area contributed by atoms with Crippen LogP contribution in [0.25, 0.3) is 33.1 Å². The lowest BCUT2D eigenvalue weighted by Crippen LogP contribution is -2.37. The molecule has 6 aromatic rings.